The van der Waals surface area contributed by atoms with Gasteiger partial charge in [0.1, 0.15) is 5.69 Å². The van der Waals surface area contributed by atoms with Gasteiger partial charge in [-0.3, -0.25) is 4.79 Å². The molecule has 3 rings (SSSR count). The Hall–Kier alpha value is -1.77. The minimum Gasteiger partial charge on any atom is -0.351 e. The molecule has 1 amide bonds. The van der Waals surface area contributed by atoms with Gasteiger partial charge in [-0.2, -0.15) is 0 Å². The van der Waals surface area contributed by atoms with E-state index in [1.165, 1.54) is 12.0 Å². The van der Waals surface area contributed by atoms with Crippen LogP contribution in [0.1, 0.15) is 36.3 Å². The molecule has 0 unspecified atom stereocenters. The van der Waals surface area contributed by atoms with E-state index in [2.05, 4.69) is 37.9 Å². The van der Waals surface area contributed by atoms with Gasteiger partial charge >= 0.3 is 0 Å². The predicted molar refractivity (Wildman–Crippen MR) is 81.9 cm³/mol. The van der Waals surface area contributed by atoms with Crippen molar-refractivity contribution >= 4 is 16.8 Å². The summed E-state index contributed by atoms with van der Waals surface area (Å²) in [5.41, 5.74) is 2.97. The summed E-state index contributed by atoms with van der Waals surface area (Å²) in [5.74, 6) is 1.32. The second kappa shape index (κ2) is 4.97. The Morgan fingerprint density at radius 2 is 1.90 bits per heavy atom. The Bertz CT molecular complexity index is 633. The van der Waals surface area contributed by atoms with Gasteiger partial charge in [0.2, 0.25) is 0 Å². The van der Waals surface area contributed by atoms with E-state index in [-0.39, 0.29) is 5.91 Å². The number of piperidine rings is 1. The van der Waals surface area contributed by atoms with E-state index in [1.54, 1.807) is 0 Å². The minimum atomic E-state index is 0.136. The van der Waals surface area contributed by atoms with Gasteiger partial charge in [-0.25, -0.2) is 0 Å². The highest BCUT2D eigenvalue weighted by Crippen LogP contribution is 2.24. The van der Waals surface area contributed by atoms with Crippen LogP contribution in [0.3, 0.4) is 0 Å². The molecule has 1 fully saturated rings. The highest BCUT2D eigenvalue weighted by atomic mass is 16.2. The van der Waals surface area contributed by atoms with Crippen LogP contribution in [0.2, 0.25) is 0 Å². The number of likely N-dealkylation sites (tertiary alicyclic amines) is 1. The number of aromatic amines is 1. The molecule has 2 heterocycles. The quantitative estimate of drug-likeness (QED) is 0.844. The fraction of sp³-hybridized carbons (Fsp3) is 0.471. The molecule has 1 saturated heterocycles. The predicted octanol–water partition coefficient (Wildman–Crippen LogP) is 3.59. The van der Waals surface area contributed by atoms with Crippen molar-refractivity contribution in [3.63, 3.8) is 0 Å². The van der Waals surface area contributed by atoms with Crippen LogP contribution in [0.25, 0.3) is 10.9 Å². The van der Waals surface area contributed by atoms with E-state index in [9.17, 15) is 4.79 Å². The smallest absolute Gasteiger partial charge is 0.270 e. The van der Waals surface area contributed by atoms with Crippen molar-refractivity contribution in [3.8, 4) is 0 Å². The molecule has 0 radical (unpaired) electrons. The van der Waals surface area contributed by atoms with Gasteiger partial charge in [-0.15, -0.1) is 0 Å². The second-order valence-electron chi connectivity index (χ2n) is 6.43. The Morgan fingerprint density at radius 3 is 2.60 bits per heavy atom. The lowest BCUT2D eigenvalue weighted by molar-refractivity contribution is 0.0618. The number of benzene rings is 1. The fourth-order valence-corrected chi connectivity index (χ4v) is 3.37. The summed E-state index contributed by atoms with van der Waals surface area (Å²) >= 11 is 0. The molecular formula is C17H22N2O. The Labute approximate surface area is 120 Å². The van der Waals surface area contributed by atoms with Gasteiger partial charge < -0.3 is 9.88 Å². The third-order valence-corrected chi connectivity index (χ3v) is 4.16. The van der Waals surface area contributed by atoms with Crippen LogP contribution in [-0.4, -0.2) is 28.9 Å². The molecule has 3 nitrogen and oxygen atoms in total. The highest BCUT2D eigenvalue weighted by molar-refractivity contribution is 5.98. The SMILES string of the molecule is Cc1ccc2[nH]c(C(=O)N3C[C@@H](C)C[C@H](C)C3)cc2c1. The lowest BCUT2D eigenvalue weighted by Gasteiger charge is -2.34. The molecule has 1 N–H and O–H groups in total. The summed E-state index contributed by atoms with van der Waals surface area (Å²) in [6.45, 7) is 8.27. The first-order valence-corrected chi connectivity index (χ1v) is 7.41. The molecule has 0 spiro atoms. The summed E-state index contributed by atoms with van der Waals surface area (Å²) in [7, 11) is 0. The van der Waals surface area contributed by atoms with Crippen LogP contribution in [-0.2, 0) is 0 Å². The summed E-state index contributed by atoms with van der Waals surface area (Å²) in [4.78, 5) is 17.9. The number of hydrogen-bond acceptors (Lipinski definition) is 1. The topological polar surface area (TPSA) is 36.1 Å². The second-order valence-corrected chi connectivity index (χ2v) is 6.43. The van der Waals surface area contributed by atoms with Gasteiger partial charge in [0.05, 0.1) is 0 Å². The number of aromatic nitrogens is 1. The first kappa shape index (κ1) is 13.2. The molecule has 2 aromatic rings. The number of carbonyl (C=O) groups is 1. The van der Waals surface area contributed by atoms with Crippen LogP contribution in [0.15, 0.2) is 24.3 Å². The summed E-state index contributed by atoms with van der Waals surface area (Å²) in [6.07, 6.45) is 1.22. The lowest BCUT2D eigenvalue weighted by Crippen LogP contribution is -2.42. The molecule has 3 heteroatoms. The number of carbonyl (C=O) groups excluding carboxylic acids is 1. The fourth-order valence-electron chi connectivity index (χ4n) is 3.37. The van der Waals surface area contributed by atoms with Gasteiger partial charge in [-0.1, -0.05) is 25.5 Å². The molecule has 2 atom stereocenters. The first-order chi connectivity index (χ1) is 9.52. The Morgan fingerprint density at radius 1 is 1.20 bits per heavy atom. The lowest BCUT2D eigenvalue weighted by atomic mass is 9.92. The van der Waals surface area contributed by atoms with Crippen molar-refractivity contribution in [2.45, 2.75) is 27.2 Å². The van der Waals surface area contributed by atoms with Crippen molar-refractivity contribution in [1.29, 1.82) is 0 Å². The normalized spacial score (nSPS) is 23.2. The Balaban J connectivity index is 1.88. The summed E-state index contributed by atoms with van der Waals surface area (Å²) in [5, 5.41) is 1.12. The number of nitrogens with one attached hydrogen (secondary N) is 1. The van der Waals surface area contributed by atoms with Crippen LogP contribution in [0.5, 0.6) is 0 Å². The average molecular weight is 270 g/mol. The molecule has 1 aromatic heterocycles. The summed E-state index contributed by atoms with van der Waals surface area (Å²) in [6, 6.07) is 8.21. The van der Waals surface area contributed by atoms with E-state index >= 15 is 0 Å². The van der Waals surface area contributed by atoms with Crippen LogP contribution < -0.4 is 0 Å². The molecular weight excluding hydrogens is 248 g/mol. The minimum absolute atomic E-state index is 0.136. The summed E-state index contributed by atoms with van der Waals surface area (Å²) < 4.78 is 0. The van der Waals surface area contributed by atoms with E-state index < -0.39 is 0 Å². The Kier molecular flexibility index (Phi) is 3.28. The van der Waals surface area contributed by atoms with E-state index in [0.717, 1.165) is 24.0 Å². The third-order valence-electron chi connectivity index (χ3n) is 4.16. The van der Waals surface area contributed by atoms with E-state index in [0.29, 0.717) is 17.5 Å². The van der Waals surface area contributed by atoms with Crippen LogP contribution in [0.4, 0.5) is 0 Å². The van der Waals surface area contributed by atoms with Crippen molar-refractivity contribution < 1.29 is 4.79 Å². The van der Waals surface area contributed by atoms with Gasteiger partial charge in [-0.05, 0) is 43.4 Å². The van der Waals surface area contributed by atoms with Crippen LogP contribution in [0, 0.1) is 18.8 Å². The third kappa shape index (κ3) is 2.45. The van der Waals surface area contributed by atoms with Crippen molar-refractivity contribution in [2.24, 2.45) is 11.8 Å². The van der Waals surface area contributed by atoms with Crippen molar-refractivity contribution in [3.05, 3.63) is 35.5 Å². The molecule has 1 aliphatic heterocycles. The average Bonchev–Trinajstić information content (AvgIpc) is 2.79. The molecule has 0 bridgehead atoms. The standard InChI is InChI=1S/C17H22N2O/c1-11-4-5-15-14(7-11)8-16(18-15)17(20)19-9-12(2)6-13(3)10-19/h4-5,7-8,12-13,18H,6,9-10H2,1-3H3/t12-,13-/m0/s1. The van der Waals surface area contributed by atoms with Crippen molar-refractivity contribution in [2.75, 3.05) is 13.1 Å². The number of hydrogen-bond donors (Lipinski definition) is 1. The number of rotatable bonds is 1. The first-order valence-electron chi connectivity index (χ1n) is 7.41. The molecule has 20 heavy (non-hydrogen) atoms. The number of nitrogens with zero attached hydrogens (tertiary/aromatic N) is 1. The molecule has 0 saturated carbocycles. The zero-order chi connectivity index (χ0) is 14.3. The molecule has 106 valence electrons. The van der Waals surface area contributed by atoms with E-state index in [1.807, 2.05) is 17.0 Å². The maximum atomic E-state index is 12.6. The monoisotopic (exact) mass is 270 g/mol. The molecule has 1 aromatic carbocycles. The maximum Gasteiger partial charge on any atom is 0.270 e. The van der Waals surface area contributed by atoms with Gasteiger partial charge in [0.15, 0.2) is 0 Å². The number of fused-ring (bicyclic) bond motifs is 1. The van der Waals surface area contributed by atoms with Crippen molar-refractivity contribution in [1.82, 2.24) is 9.88 Å². The van der Waals surface area contributed by atoms with E-state index in [4.69, 9.17) is 0 Å². The van der Waals surface area contributed by atoms with Gasteiger partial charge in [0.25, 0.3) is 5.91 Å². The number of aryl methyl sites for hydroxylation is 1. The zero-order valence-corrected chi connectivity index (χ0v) is 12.4. The number of amides is 1. The van der Waals surface area contributed by atoms with Crippen LogP contribution >= 0.6 is 0 Å². The highest BCUT2D eigenvalue weighted by Gasteiger charge is 2.26. The number of H-pyrrole nitrogens is 1. The van der Waals surface area contributed by atoms with Gasteiger partial charge in [0, 0.05) is 24.0 Å². The zero-order valence-electron chi connectivity index (χ0n) is 12.4. The largest absolute Gasteiger partial charge is 0.351 e. The molecule has 1 aliphatic rings. The molecule has 0 aliphatic carbocycles. The maximum absolute atomic E-state index is 12.6.